The highest BCUT2D eigenvalue weighted by atomic mass is 35.5. The molecule has 0 aliphatic heterocycles. The van der Waals surface area contributed by atoms with Crippen molar-refractivity contribution in [3.05, 3.63) is 45.2 Å². The summed E-state index contributed by atoms with van der Waals surface area (Å²) in [6, 6.07) is 6.14. The molecule has 2 aromatic heterocycles. The Kier molecular flexibility index (Phi) is 3.54. The van der Waals surface area contributed by atoms with Crippen molar-refractivity contribution in [2.24, 2.45) is 7.05 Å². The summed E-state index contributed by atoms with van der Waals surface area (Å²) in [7, 11) is -0.745. The number of sulfonamides is 1. The van der Waals surface area contributed by atoms with Gasteiger partial charge in [-0.1, -0.05) is 17.7 Å². The summed E-state index contributed by atoms with van der Waals surface area (Å²) in [5.74, 6) is -0.535. The Morgan fingerprint density at radius 3 is 2.73 bits per heavy atom. The highest BCUT2D eigenvalue weighted by molar-refractivity contribution is 7.94. The molecule has 0 amide bonds. The average molecular weight is 359 g/mol. The van der Waals surface area contributed by atoms with Crippen molar-refractivity contribution in [3.63, 3.8) is 0 Å². The van der Waals surface area contributed by atoms with E-state index < -0.39 is 15.8 Å². The molecule has 3 rings (SSSR count). The number of benzene rings is 1. The zero-order valence-electron chi connectivity index (χ0n) is 11.6. The van der Waals surface area contributed by atoms with Gasteiger partial charge >= 0.3 is 5.76 Å². The van der Waals surface area contributed by atoms with Gasteiger partial charge in [-0.15, -0.1) is 11.3 Å². The highest BCUT2D eigenvalue weighted by Gasteiger charge is 2.25. The fourth-order valence-electron chi connectivity index (χ4n) is 2.05. The Bertz CT molecular complexity index is 1000. The number of aryl methyl sites for hydroxylation is 1. The van der Waals surface area contributed by atoms with Crippen LogP contribution in [0.2, 0.25) is 5.02 Å². The molecule has 0 radical (unpaired) electrons. The van der Waals surface area contributed by atoms with Crippen LogP contribution in [0.1, 0.15) is 0 Å². The quantitative estimate of drug-likeness (QED) is 0.721. The minimum atomic E-state index is -3.70. The van der Waals surface area contributed by atoms with Gasteiger partial charge in [-0.25, -0.2) is 13.2 Å². The third-order valence-corrected chi connectivity index (χ3v) is 6.76. The third kappa shape index (κ3) is 2.23. The number of nitrogens with zero attached hydrogens (tertiary/aromatic N) is 2. The molecule has 0 atom stereocenters. The van der Waals surface area contributed by atoms with E-state index in [1.165, 1.54) is 29.8 Å². The van der Waals surface area contributed by atoms with Gasteiger partial charge in [0.15, 0.2) is 5.58 Å². The minimum absolute atomic E-state index is 0.209. The minimum Gasteiger partial charge on any atom is -0.408 e. The van der Waals surface area contributed by atoms with Crippen LogP contribution in [-0.4, -0.2) is 20.0 Å². The van der Waals surface area contributed by atoms with Crippen molar-refractivity contribution in [1.29, 1.82) is 0 Å². The Labute approximate surface area is 135 Å². The summed E-state index contributed by atoms with van der Waals surface area (Å²) < 4.78 is 32.7. The number of fused-ring (bicyclic) bond motifs is 1. The Morgan fingerprint density at radius 1 is 1.36 bits per heavy atom. The van der Waals surface area contributed by atoms with Gasteiger partial charge < -0.3 is 4.42 Å². The first kappa shape index (κ1) is 15.1. The molecule has 9 heteroatoms. The summed E-state index contributed by atoms with van der Waals surface area (Å²) in [4.78, 5) is 11.5. The van der Waals surface area contributed by atoms with E-state index in [1.807, 2.05) is 0 Å². The fraction of sp³-hybridized carbons (Fsp3) is 0.154. The van der Waals surface area contributed by atoms with Gasteiger partial charge in [0.1, 0.15) is 4.21 Å². The smallest absolute Gasteiger partial charge is 0.408 e. The van der Waals surface area contributed by atoms with Crippen molar-refractivity contribution in [1.82, 2.24) is 4.57 Å². The van der Waals surface area contributed by atoms with E-state index in [0.29, 0.717) is 5.52 Å². The second-order valence-electron chi connectivity index (χ2n) is 4.60. The molecule has 0 spiro atoms. The van der Waals surface area contributed by atoms with Crippen LogP contribution in [0.3, 0.4) is 0 Å². The first-order chi connectivity index (χ1) is 10.3. The van der Waals surface area contributed by atoms with Gasteiger partial charge in [-0.2, -0.15) is 0 Å². The number of hydrogen-bond acceptors (Lipinski definition) is 5. The van der Waals surface area contributed by atoms with Crippen LogP contribution in [0.15, 0.2) is 43.1 Å². The van der Waals surface area contributed by atoms with Crippen LogP contribution in [0.25, 0.3) is 11.1 Å². The molecule has 0 aliphatic carbocycles. The number of halogens is 1. The molecule has 0 unspecified atom stereocenters. The van der Waals surface area contributed by atoms with Gasteiger partial charge in [0.05, 0.1) is 16.2 Å². The van der Waals surface area contributed by atoms with Crippen LogP contribution >= 0.6 is 22.9 Å². The van der Waals surface area contributed by atoms with Crippen LogP contribution in [0.4, 0.5) is 5.69 Å². The first-order valence-electron chi connectivity index (χ1n) is 6.14. The molecule has 1 aromatic carbocycles. The molecule has 0 fully saturated rings. The molecular formula is C13H11ClN2O4S2. The first-order valence-corrected chi connectivity index (χ1v) is 8.83. The predicted octanol–water partition coefficient (Wildman–Crippen LogP) is 2.67. The maximum Gasteiger partial charge on any atom is 0.419 e. The summed E-state index contributed by atoms with van der Waals surface area (Å²) in [5.41, 5.74) is 1.03. The normalized spacial score (nSPS) is 12.0. The summed E-state index contributed by atoms with van der Waals surface area (Å²) in [6.45, 7) is 0. The summed E-state index contributed by atoms with van der Waals surface area (Å²) in [6.07, 6.45) is 0. The van der Waals surface area contributed by atoms with E-state index in [9.17, 15) is 13.2 Å². The van der Waals surface area contributed by atoms with Gasteiger partial charge in [-0.3, -0.25) is 8.87 Å². The van der Waals surface area contributed by atoms with Gasteiger partial charge in [0.2, 0.25) is 0 Å². The number of thiophene rings is 1. The molecule has 116 valence electrons. The Hall–Kier alpha value is -1.77. The van der Waals surface area contributed by atoms with Gasteiger partial charge in [-0.05, 0) is 17.5 Å². The molecule has 0 bridgehead atoms. The molecule has 2 heterocycles. The topological polar surface area (TPSA) is 72.5 Å². The fourth-order valence-corrected chi connectivity index (χ4v) is 4.76. The number of aromatic nitrogens is 1. The lowest BCUT2D eigenvalue weighted by Crippen LogP contribution is -2.26. The lowest BCUT2D eigenvalue weighted by molar-refractivity contribution is 0.528. The molecule has 22 heavy (non-hydrogen) atoms. The van der Waals surface area contributed by atoms with Crippen molar-refractivity contribution >= 4 is 49.7 Å². The lowest BCUT2D eigenvalue weighted by Gasteiger charge is -2.19. The van der Waals surface area contributed by atoms with E-state index in [1.54, 1.807) is 18.5 Å². The van der Waals surface area contributed by atoms with Gasteiger partial charge in [0, 0.05) is 20.2 Å². The second-order valence-corrected chi connectivity index (χ2v) is 8.15. The van der Waals surface area contributed by atoms with E-state index in [2.05, 4.69) is 0 Å². The third-order valence-electron chi connectivity index (χ3n) is 3.31. The summed E-state index contributed by atoms with van der Waals surface area (Å²) in [5, 5.41) is 1.90. The summed E-state index contributed by atoms with van der Waals surface area (Å²) >= 11 is 7.31. The van der Waals surface area contributed by atoms with E-state index >= 15 is 0 Å². The van der Waals surface area contributed by atoms with E-state index in [4.69, 9.17) is 16.0 Å². The standard InChI is InChI=1S/C13H11ClN2O4S2/c1-15-10-6-8(14)9(7-11(10)20-13(15)17)16(2)22(18,19)12-4-3-5-21-12/h3-7H,1-2H3. The molecule has 6 nitrogen and oxygen atoms in total. The van der Waals surface area contributed by atoms with Crippen molar-refractivity contribution in [3.8, 4) is 0 Å². The van der Waals surface area contributed by atoms with Crippen molar-refractivity contribution in [2.75, 3.05) is 11.4 Å². The number of rotatable bonds is 3. The Morgan fingerprint density at radius 2 is 2.09 bits per heavy atom. The van der Waals surface area contributed by atoms with Crippen LogP contribution in [-0.2, 0) is 17.1 Å². The maximum absolute atomic E-state index is 12.5. The molecule has 0 saturated heterocycles. The zero-order chi connectivity index (χ0) is 16.1. The van der Waals surface area contributed by atoms with E-state index in [0.717, 1.165) is 15.6 Å². The number of hydrogen-bond donors (Lipinski definition) is 0. The largest absolute Gasteiger partial charge is 0.419 e. The maximum atomic E-state index is 12.5. The molecule has 0 N–H and O–H groups in total. The van der Waals surface area contributed by atoms with Gasteiger partial charge in [0.25, 0.3) is 10.0 Å². The van der Waals surface area contributed by atoms with Crippen molar-refractivity contribution in [2.45, 2.75) is 4.21 Å². The van der Waals surface area contributed by atoms with E-state index in [-0.39, 0.29) is 20.5 Å². The zero-order valence-corrected chi connectivity index (χ0v) is 14.0. The SMILES string of the molecule is CN(c1cc2oc(=O)n(C)c2cc1Cl)S(=O)(=O)c1cccs1. The molecular weight excluding hydrogens is 348 g/mol. The number of oxazole rings is 1. The van der Waals surface area contributed by atoms with Crippen LogP contribution in [0, 0.1) is 0 Å². The lowest BCUT2D eigenvalue weighted by atomic mass is 10.3. The predicted molar refractivity (Wildman–Crippen MR) is 86.4 cm³/mol. The highest BCUT2D eigenvalue weighted by Crippen LogP contribution is 2.33. The number of anilines is 1. The Balaban J connectivity index is 2.18. The monoisotopic (exact) mass is 358 g/mol. The molecule has 3 aromatic rings. The average Bonchev–Trinajstić information content (AvgIpc) is 3.09. The van der Waals surface area contributed by atoms with Crippen molar-refractivity contribution < 1.29 is 12.8 Å². The van der Waals surface area contributed by atoms with Crippen LogP contribution in [0.5, 0.6) is 0 Å². The molecule has 0 saturated carbocycles. The molecule has 0 aliphatic rings. The second kappa shape index (κ2) is 5.15. The van der Waals surface area contributed by atoms with Crippen LogP contribution < -0.4 is 10.1 Å².